The molecule has 2 aromatic carbocycles. The average Bonchev–Trinajstić information content (AvgIpc) is 3.29. The van der Waals surface area contributed by atoms with Gasteiger partial charge >= 0.3 is 0 Å². The number of hydrogen-bond acceptors (Lipinski definition) is 3. The van der Waals surface area contributed by atoms with Crippen molar-refractivity contribution in [1.82, 2.24) is 14.8 Å². The monoisotopic (exact) mass is 329 g/mol. The summed E-state index contributed by atoms with van der Waals surface area (Å²) in [4.78, 5) is 0. The summed E-state index contributed by atoms with van der Waals surface area (Å²) in [6, 6.07) is 14.8. The number of para-hydroxylation sites is 1. The molecule has 0 saturated heterocycles. The summed E-state index contributed by atoms with van der Waals surface area (Å²) < 4.78 is 8.34. The van der Waals surface area contributed by atoms with Crippen LogP contribution in [0.25, 0.3) is 33.8 Å². The highest BCUT2D eigenvalue weighted by Crippen LogP contribution is 2.35. The Morgan fingerprint density at radius 3 is 2.72 bits per heavy atom. The third-order valence-corrected chi connectivity index (χ3v) is 5.09. The van der Waals surface area contributed by atoms with Crippen molar-refractivity contribution in [3.05, 3.63) is 59.8 Å². The van der Waals surface area contributed by atoms with Crippen LogP contribution in [-0.4, -0.2) is 14.8 Å². The Bertz CT molecular complexity index is 1060. The van der Waals surface area contributed by atoms with Gasteiger partial charge in [0.2, 0.25) is 11.8 Å². The maximum Gasteiger partial charge on any atom is 0.250 e. The summed E-state index contributed by atoms with van der Waals surface area (Å²) in [5.41, 5.74) is 6.02. The topological polar surface area (TPSA) is 43.9 Å². The summed E-state index contributed by atoms with van der Waals surface area (Å²) >= 11 is 0. The van der Waals surface area contributed by atoms with Crippen LogP contribution in [0.4, 0.5) is 0 Å². The summed E-state index contributed by atoms with van der Waals surface area (Å²) in [6.45, 7) is 3.20. The molecule has 0 radical (unpaired) electrons. The van der Waals surface area contributed by atoms with Crippen molar-refractivity contribution in [3.8, 4) is 22.9 Å². The number of nitrogens with zero attached hydrogens (tertiary/aromatic N) is 3. The Hall–Kier alpha value is -2.88. The van der Waals surface area contributed by atoms with E-state index >= 15 is 0 Å². The zero-order valence-electron chi connectivity index (χ0n) is 14.2. The number of aryl methyl sites for hydroxylation is 3. The molecule has 0 amide bonds. The van der Waals surface area contributed by atoms with Gasteiger partial charge in [-0.3, -0.25) is 0 Å². The van der Waals surface area contributed by atoms with E-state index < -0.39 is 0 Å². The summed E-state index contributed by atoms with van der Waals surface area (Å²) in [6.07, 6.45) is 5.50. The van der Waals surface area contributed by atoms with Crippen LogP contribution in [0.5, 0.6) is 0 Å². The van der Waals surface area contributed by atoms with E-state index in [-0.39, 0.29) is 0 Å². The van der Waals surface area contributed by atoms with Gasteiger partial charge in [0.25, 0.3) is 0 Å². The molecule has 2 aromatic heterocycles. The molecule has 0 bridgehead atoms. The predicted octanol–water partition coefficient (Wildman–Crippen LogP) is 4.87. The van der Waals surface area contributed by atoms with Crippen LogP contribution in [-0.2, 0) is 19.4 Å². The van der Waals surface area contributed by atoms with E-state index in [4.69, 9.17) is 4.42 Å². The Morgan fingerprint density at radius 1 is 1.04 bits per heavy atom. The molecule has 1 aliphatic heterocycles. The SMILES string of the molecule is CCc1ccc(-c2nnc(-c3cn4c5c(cccc35)CCC4)o2)cc1. The molecular weight excluding hydrogens is 310 g/mol. The molecule has 5 rings (SSSR count). The number of benzene rings is 2. The van der Waals surface area contributed by atoms with Gasteiger partial charge in [0, 0.05) is 23.7 Å². The van der Waals surface area contributed by atoms with E-state index in [9.17, 15) is 0 Å². The van der Waals surface area contributed by atoms with Crippen molar-refractivity contribution < 1.29 is 4.42 Å². The molecule has 4 nitrogen and oxygen atoms in total. The van der Waals surface area contributed by atoms with E-state index in [0.29, 0.717) is 11.8 Å². The van der Waals surface area contributed by atoms with Crippen molar-refractivity contribution in [3.63, 3.8) is 0 Å². The lowest BCUT2D eigenvalue weighted by atomic mass is 10.0. The lowest BCUT2D eigenvalue weighted by Gasteiger charge is -2.14. The first-order valence-electron chi connectivity index (χ1n) is 8.87. The van der Waals surface area contributed by atoms with E-state index in [1.165, 1.54) is 28.5 Å². The van der Waals surface area contributed by atoms with E-state index in [0.717, 1.165) is 30.5 Å². The second-order valence-corrected chi connectivity index (χ2v) is 6.62. The van der Waals surface area contributed by atoms with Crippen LogP contribution in [0.15, 0.2) is 53.1 Å². The maximum atomic E-state index is 6.02. The highest BCUT2D eigenvalue weighted by molar-refractivity contribution is 5.96. The first-order valence-corrected chi connectivity index (χ1v) is 8.87. The maximum absolute atomic E-state index is 6.02. The fourth-order valence-electron chi connectivity index (χ4n) is 3.76. The molecule has 3 heterocycles. The van der Waals surface area contributed by atoms with Gasteiger partial charge in [0.05, 0.1) is 11.1 Å². The van der Waals surface area contributed by atoms with Gasteiger partial charge in [-0.05, 0) is 42.5 Å². The normalized spacial score (nSPS) is 13.5. The van der Waals surface area contributed by atoms with Gasteiger partial charge in [-0.25, -0.2) is 0 Å². The van der Waals surface area contributed by atoms with Crippen LogP contribution >= 0.6 is 0 Å². The van der Waals surface area contributed by atoms with E-state index in [2.05, 4.69) is 58.2 Å². The second-order valence-electron chi connectivity index (χ2n) is 6.62. The third-order valence-electron chi connectivity index (χ3n) is 5.09. The van der Waals surface area contributed by atoms with Crippen LogP contribution < -0.4 is 0 Å². The van der Waals surface area contributed by atoms with Crippen molar-refractivity contribution in [2.24, 2.45) is 0 Å². The fourth-order valence-corrected chi connectivity index (χ4v) is 3.76. The van der Waals surface area contributed by atoms with E-state index in [1.807, 2.05) is 12.1 Å². The average molecular weight is 329 g/mol. The highest BCUT2D eigenvalue weighted by atomic mass is 16.4. The fraction of sp³-hybridized carbons (Fsp3) is 0.238. The minimum Gasteiger partial charge on any atom is -0.416 e. The Labute approximate surface area is 146 Å². The van der Waals surface area contributed by atoms with Gasteiger partial charge in [0.1, 0.15) is 0 Å². The molecule has 0 saturated carbocycles. The van der Waals surface area contributed by atoms with Crippen molar-refractivity contribution >= 4 is 10.9 Å². The van der Waals surface area contributed by atoms with Crippen LogP contribution in [0.3, 0.4) is 0 Å². The van der Waals surface area contributed by atoms with Gasteiger partial charge in [0.15, 0.2) is 0 Å². The molecule has 0 spiro atoms. The van der Waals surface area contributed by atoms with Crippen LogP contribution in [0.1, 0.15) is 24.5 Å². The largest absolute Gasteiger partial charge is 0.416 e. The number of aromatic nitrogens is 3. The summed E-state index contributed by atoms with van der Waals surface area (Å²) in [5.74, 6) is 1.17. The Kier molecular flexibility index (Phi) is 3.23. The minimum absolute atomic E-state index is 0.574. The van der Waals surface area contributed by atoms with Crippen LogP contribution in [0.2, 0.25) is 0 Å². The molecular formula is C21H19N3O. The molecule has 0 aliphatic carbocycles. The van der Waals surface area contributed by atoms with Crippen molar-refractivity contribution in [1.29, 1.82) is 0 Å². The van der Waals surface area contributed by atoms with Crippen molar-refractivity contribution in [2.45, 2.75) is 32.7 Å². The lowest BCUT2D eigenvalue weighted by molar-refractivity contribution is 0.584. The second kappa shape index (κ2) is 5.59. The smallest absolute Gasteiger partial charge is 0.250 e. The van der Waals surface area contributed by atoms with Gasteiger partial charge in [-0.1, -0.05) is 37.3 Å². The lowest BCUT2D eigenvalue weighted by Crippen LogP contribution is -2.05. The van der Waals surface area contributed by atoms with Gasteiger partial charge in [-0.2, -0.15) is 0 Å². The molecule has 0 N–H and O–H groups in total. The van der Waals surface area contributed by atoms with Crippen LogP contribution in [0, 0.1) is 0 Å². The zero-order valence-corrected chi connectivity index (χ0v) is 14.2. The molecule has 4 heteroatoms. The third kappa shape index (κ3) is 2.29. The number of rotatable bonds is 3. The molecule has 124 valence electrons. The quantitative estimate of drug-likeness (QED) is 0.539. The molecule has 1 aliphatic rings. The number of hydrogen-bond donors (Lipinski definition) is 0. The Morgan fingerprint density at radius 2 is 1.88 bits per heavy atom. The standard InChI is InChI=1S/C21H19N3O/c1-2-14-8-10-16(11-9-14)20-22-23-21(25-20)18-13-24-12-4-6-15-5-3-7-17(18)19(15)24/h3,5,7-11,13H,2,4,6,12H2,1H3. The Balaban J connectivity index is 1.60. The van der Waals surface area contributed by atoms with Gasteiger partial charge < -0.3 is 8.98 Å². The molecule has 25 heavy (non-hydrogen) atoms. The van der Waals surface area contributed by atoms with E-state index in [1.54, 1.807) is 0 Å². The molecule has 0 atom stereocenters. The molecule has 0 fully saturated rings. The zero-order chi connectivity index (χ0) is 16.8. The van der Waals surface area contributed by atoms with Gasteiger partial charge in [-0.15, -0.1) is 10.2 Å². The predicted molar refractivity (Wildman–Crippen MR) is 98.4 cm³/mol. The minimum atomic E-state index is 0.574. The first kappa shape index (κ1) is 14.5. The first-order chi connectivity index (χ1) is 12.3. The van der Waals surface area contributed by atoms with Crippen molar-refractivity contribution in [2.75, 3.05) is 0 Å². The summed E-state index contributed by atoms with van der Waals surface area (Å²) in [5, 5.41) is 9.80. The summed E-state index contributed by atoms with van der Waals surface area (Å²) in [7, 11) is 0. The highest BCUT2D eigenvalue weighted by Gasteiger charge is 2.20. The molecule has 0 unspecified atom stereocenters. The molecule has 4 aromatic rings.